The van der Waals surface area contributed by atoms with E-state index < -0.39 is 5.92 Å². The molecule has 0 bridgehead atoms. The number of Topliss-reactive ketones (excluding diaryl/α,β-unsaturated/α-hetero) is 1. The molecule has 0 saturated carbocycles. The zero-order valence-corrected chi connectivity index (χ0v) is 25.7. The van der Waals surface area contributed by atoms with Crippen LogP contribution in [0.1, 0.15) is 50.5 Å². The van der Waals surface area contributed by atoms with Crippen LogP contribution in [-0.2, 0) is 17.6 Å². The van der Waals surface area contributed by atoms with Crippen LogP contribution in [0.25, 0.3) is 6.08 Å². The van der Waals surface area contributed by atoms with Gasteiger partial charge in [0.15, 0.2) is 28.8 Å². The fourth-order valence-electron chi connectivity index (χ4n) is 6.25. The summed E-state index contributed by atoms with van der Waals surface area (Å²) < 4.78 is 40.3. The third-order valence-corrected chi connectivity index (χ3v) is 8.49. The van der Waals surface area contributed by atoms with Crippen LogP contribution < -0.4 is 33.2 Å². The Morgan fingerprint density at radius 3 is 2.52 bits per heavy atom. The quantitative estimate of drug-likeness (QED) is 0.121. The van der Waals surface area contributed by atoms with E-state index in [0.29, 0.717) is 57.8 Å². The van der Waals surface area contributed by atoms with Gasteiger partial charge in [0.25, 0.3) is 0 Å². The van der Waals surface area contributed by atoms with E-state index in [4.69, 9.17) is 33.2 Å². The highest BCUT2D eigenvalue weighted by molar-refractivity contribution is 6.15. The van der Waals surface area contributed by atoms with Gasteiger partial charge in [-0.1, -0.05) is 30.3 Å². The molecule has 0 N–H and O–H groups in total. The number of rotatable bonds is 9. The summed E-state index contributed by atoms with van der Waals surface area (Å²) in [7, 11) is 4.67. The lowest BCUT2D eigenvalue weighted by molar-refractivity contribution is -0.135. The number of hydrogen-bond acceptors (Lipinski definition) is 9. The Morgan fingerprint density at radius 2 is 1.70 bits per heavy atom. The van der Waals surface area contributed by atoms with Gasteiger partial charge in [-0.3, -0.25) is 9.59 Å². The van der Waals surface area contributed by atoms with Gasteiger partial charge in [-0.15, -0.1) is 0 Å². The molecule has 0 aromatic heterocycles. The van der Waals surface area contributed by atoms with Gasteiger partial charge in [0.1, 0.15) is 17.2 Å². The summed E-state index contributed by atoms with van der Waals surface area (Å²) in [6.07, 6.45) is 3.35. The number of hydrogen-bond donors (Lipinski definition) is 0. The zero-order chi connectivity index (χ0) is 31.8. The van der Waals surface area contributed by atoms with E-state index in [1.807, 2.05) is 30.3 Å². The van der Waals surface area contributed by atoms with Gasteiger partial charge >= 0.3 is 5.97 Å². The Labute approximate surface area is 266 Å². The van der Waals surface area contributed by atoms with Crippen molar-refractivity contribution in [1.29, 1.82) is 0 Å². The molecule has 4 aromatic carbocycles. The van der Waals surface area contributed by atoms with Crippen LogP contribution >= 0.6 is 0 Å². The van der Waals surface area contributed by atoms with Crippen LogP contribution in [0, 0.1) is 0 Å². The van der Waals surface area contributed by atoms with Crippen molar-refractivity contribution in [3.8, 4) is 40.2 Å². The summed E-state index contributed by atoms with van der Waals surface area (Å²) in [5, 5.41) is 0. The van der Waals surface area contributed by atoms with E-state index >= 15 is 0 Å². The molecule has 0 unspecified atom stereocenters. The van der Waals surface area contributed by atoms with E-state index in [-0.39, 0.29) is 23.9 Å². The molecule has 0 amide bonds. The number of allylic oxidation sites excluding steroid dienone is 1. The Bertz CT molecular complexity index is 1890. The maximum Gasteiger partial charge on any atom is 0.312 e. The summed E-state index contributed by atoms with van der Waals surface area (Å²) in [6.45, 7) is 1.19. The molecule has 3 aliphatic heterocycles. The topological polar surface area (TPSA) is 98.8 Å². The second-order valence-corrected chi connectivity index (χ2v) is 11.2. The van der Waals surface area contributed by atoms with Gasteiger partial charge in [0.05, 0.1) is 46.5 Å². The van der Waals surface area contributed by atoms with Gasteiger partial charge in [0, 0.05) is 29.9 Å². The summed E-state index contributed by atoms with van der Waals surface area (Å²) in [4.78, 5) is 26.3. The number of carbonyl (C=O) groups excluding carboxylic acids is 2. The van der Waals surface area contributed by atoms with Crippen molar-refractivity contribution in [2.45, 2.75) is 25.2 Å². The Morgan fingerprint density at radius 1 is 0.848 bits per heavy atom. The van der Waals surface area contributed by atoms with Gasteiger partial charge < -0.3 is 33.2 Å². The molecule has 0 aliphatic carbocycles. The second kappa shape index (κ2) is 12.2. The van der Waals surface area contributed by atoms with E-state index in [2.05, 4.69) is 12.1 Å². The molecule has 9 nitrogen and oxygen atoms in total. The minimum absolute atomic E-state index is 0.0646. The molecule has 3 heterocycles. The second-order valence-electron chi connectivity index (χ2n) is 11.2. The fraction of sp³-hybridized carbons (Fsp3) is 0.243. The van der Waals surface area contributed by atoms with Crippen LogP contribution in [0.5, 0.6) is 40.2 Å². The maximum atomic E-state index is 13.5. The van der Waals surface area contributed by atoms with E-state index in [9.17, 15) is 9.59 Å². The van der Waals surface area contributed by atoms with Crippen molar-refractivity contribution in [3.63, 3.8) is 0 Å². The summed E-state index contributed by atoms with van der Waals surface area (Å²) in [6, 6.07) is 20.5. The molecule has 0 saturated heterocycles. The monoisotopic (exact) mass is 620 g/mol. The van der Waals surface area contributed by atoms with Crippen molar-refractivity contribution in [1.82, 2.24) is 0 Å². The number of methoxy groups -OCH3 is 3. The number of ketones is 1. The number of carbonyl (C=O) groups is 2. The smallest absolute Gasteiger partial charge is 0.312 e. The third kappa shape index (κ3) is 5.27. The van der Waals surface area contributed by atoms with Crippen molar-refractivity contribution < 1.29 is 42.7 Å². The van der Waals surface area contributed by atoms with Crippen molar-refractivity contribution in [3.05, 3.63) is 106 Å². The lowest BCUT2D eigenvalue weighted by atomic mass is 9.84. The van der Waals surface area contributed by atoms with Gasteiger partial charge in [-0.25, -0.2) is 0 Å². The SMILES string of the molecule is COc1cc([C@H]2CC(=O)Oc3ccc4c(c32)O/C(=C\c2cccc(OC)c2OC)C4=O)ccc1OCCc1ccc2c(c1)CCO2. The predicted octanol–water partition coefficient (Wildman–Crippen LogP) is 6.33. The third-order valence-electron chi connectivity index (χ3n) is 8.49. The standard InChI is InChI=1S/C37H32O9/c1-40-30-6-4-5-24(36(30)42-3)19-32-35(39)25-9-12-29-34(37(25)46-32)26(20-33(38)45-29)22-8-11-28(31(18-22)41-2)44-15-13-21-7-10-27-23(17-21)14-16-43-27/h4-12,17-19,26H,13-16,20H2,1-3H3/b32-19-/t26-/m1/s1. The van der Waals surface area contributed by atoms with Crippen LogP contribution in [0.4, 0.5) is 0 Å². The minimum atomic E-state index is -0.443. The van der Waals surface area contributed by atoms with Crippen molar-refractivity contribution >= 4 is 17.8 Å². The van der Waals surface area contributed by atoms with Gasteiger partial charge in [-0.05, 0) is 59.2 Å². The molecule has 9 heteroatoms. The highest BCUT2D eigenvalue weighted by atomic mass is 16.5. The Hall–Kier alpha value is -5.44. The predicted molar refractivity (Wildman–Crippen MR) is 169 cm³/mol. The largest absolute Gasteiger partial charge is 0.493 e. The first-order valence-corrected chi connectivity index (χ1v) is 15.1. The van der Waals surface area contributed by atoms with Crippen LogP contribution in [-0.4, -0.2) is 46.3 Å². The Kier molecular flexibility index (Phi) is 7.74. The van der Waals surface area contributed by atoms with E-state index in [1.54, 1.807) is 44.6 Å². The van der Waals surface area contributed by atoms with E-state index in [1.165, 1.54) is 18.2 Å². The van der Waals surface area contributed by atoms with Gasteiger partial charge in [0.2, 0.25) is 5.78 Å². The van der Waals surface area contributed by atoms with E-state index in [0.717, 1.165) is 30.8 Å². The first-order valence-electron chi connectivity index (χ1n) is 15.1. The molecule has 4 aromatic rings. The first-order chi connectivity index (χ1) is 22.5. The molecular formula is C37H32O9. The molecule has 1 atom stereocenters. The lowest BCUT2D eigenvalue weighted by Crippen LogP contribution is -2.21. The zero-order valence-electron chi connectivity index (χ0n) is 25.7. The summed E-state index contributed by atoms with van der Waals surface area (Å²) >= 11 is 0. The molecule has 0 radical (unpaired) electrons. The average molecular weight is 621 g/mol. The number of benzene rings is 4. The Balaban J connectivity index is 1.16. The number of ether oxygens (including phenoxy) is 7. The average Bonchev–Trinajstić information content (AvgIpc) is 3.67. The molecular weight excluding hydrogens is 588 g/mol. The molecule has 46 heavy (non-hydrogen) atoms. The minimum Gasteiger partial charge on any atom is -0.493 e. The fourth-order valence-corrected chi connectivity index (χ4v) is 6.25. The summed E-state index contributed by atoms with van der Waals surface area (Å²) in [5.74, 6) is 2.85. The number of para-hydroxylation sites is 1. The van der Waals surface area contributed by atoms with Crippen LogP contribution in [0.15, 0.2) is 72.5 Å². The molecule has 0 fully saturated rings. The van der Waals surface area contributed by atoms with Crippen molar-refractivity contribution in [2.75, 3.05) is 34.5 Å². The summed E-state index contributed by atoms with van der Waals surface area (Å²) in [5.41, 5.74) is 4.85. The van der Waals surface area contributed by atoms with Crippen LogP contribution in [0.3, 0.4) is 0 Å². The van der Waals surface area contributed by atoms with Gasteiger partial charge in [-0.2, -0.15) is 0 Å². The van der Waals surface area contributed by atoms with Crippen molar-refractivity contribution in [2.24, 2.45) is 0 Å². The molecule has 0 spiro atoms. The number of fused-ring (bicyclic) bond motifs is 4. The molecule has 234 valence electrons. The van der Waals surface area contributed by atoms with Crippen LogP contribution in [0.2, 0.25) is 0 Å². The lowest BCUT2D eigenvalue weighted by Gasteiger charge is -2.26. The number of esters is 1. The molecule has 7 rings (SSSR count). The highest BCUT2D eigenvalue weighted by Crippen LogP contribution is 2.50. The maximum absolute atomic E-state index is 13.5. The molecule has 3 aliphatic rings. The normalized spacial score (nSPS) is 16.9. The highest BCUT2D eigenvalue weighted by Gasteiger charge is 2.39. The first kappa shape index (κ1) is 29.3.